The Bertz CT molecular complexity index is 233. The predicted molar refractivity (Wildman–Crippen MR) is 66.7 cm³/mol. The van der Waals surface area contributed by atoms with E-state index in [1.165, 1.54) is 25.7 Å². The molecule has 0 saturated heterocycles. The van der Waals surface area contributed by atoms with Crippen molar-refractivity contribution in [2.24, 2.45) is 5.92 Å². The standard InChI is InChI=1S/C13H25NO3/c1-3-17-13(16)8-11(15)9-14-12-7-5-4-6-10(12)2/h10-12,14-15H,3-9H2,1-2H3. The third kappa shape index (κ3) is 5.50. The summed E-state index contributed by atoms with van der Waals surface area (Å²) >= 11 is 0. The average Bonchev–Trinajstić information content (AvgIpc) is 2.28. The largest absolute Gasteiger partial charge is 0.466 e. The number of rotatable bonds is 6. The molecule has 0 aliphatic heterocycles. The zero-order valence-corrected chi connectivity index (χ0v) is 10.9. The van der Waals surface area contributed by atoms with Gasteiger partial charge in [-0.15, -0.1) is 0 Å². The summed E-state index contributed by atoms with van der Waals surface area (Å²) in [5.41, 5.74) is 0. The van der Waals surface area contributed by atoms with Gasteiger partial charge in [-0.3, -0.25) is 4.79 Å². The van der Waals surface area contributed by atoms with Gasteiger partial charge in [0.2, 0.25) is 0 Å². The second kappa shape index (κ2) is 7.67. The highest BCUT2D eigenvalue weighted by Gasteiger charge is 2.21. The number of aliphatic hydroxyl groups excluding tert-OH is 1. The Labute approximate surface area is 104 Å². The molecule has 4 heteroatoms. The Morgan fingerprint density at radius 3 is 2.82 bits per heavy atom. The van der Waals surface area contributed by atoms with Gasteiger partial charge in [0.15, 0.2) is 0 Å². The van der Waals surface area contributed by atoms with Crippen LogP contribution in [0.1, 0.15) is 46.0 Å². The number of nitrogens with one attached hydrogen (secondary N) is 1. The van der Waals surface area contributed by atoms with E-state index < -0.39 is 6.10 Å². The maximum Gasteiger partial charge on any atom is 0.308 e. The molecule has 17 heavy (non-hydrogen) atoms. The fourth-order valence-electron chi connectivity index (χ4n) is 2.39. The first kappa shape index (κ1) is 14.5. The van der Waals surface area contributed by atoms with Crippen LogP contribution in [0.2, 0.25) is 0 Å². The van der Waals surface area contributed by atoms with Crippen molar-refractivity contribution in [3.05, 3.63) is 0 Å². The number of aliphatic hydroxyl groups is 1. The summed E-state index contributed by atoms with van der Waals surface area (Å²) in [4.78, 5) is 11.2. The van der Waals surface area contributed by atoms with Gasteiger partial charge in [-0.25, -0.2) is 0 Å². The highest BCUT2D eigenvalue weighted by atomic mass is 16.5. The molecule has 0 amide bonds. The molecule has 0 radical (unpaired) electrons. The van der Waals surface area contributed by atoms with Gasteiger partial charge in [0.05, 0.1) is 19.1 Å². The summed E-state index contributed by atoms with van der Waals surface area (Å²) < 4.78 is 4.80. The molecule has 0 aromatic heterocycles. The monoisotopic (exact) mass is 243 g/mol. The number of hydrogen-bond donors (Lipinski definition) is 2. The lowest BCUT2D eigenvalue weighted by molar-refractivity contribution is -0.145. The minimum Gasteiger partial charge on any atom is -0.466 e. The molecule has 2 N–H and O–H groups in total. The Hall–Kier alpha value is -0.610. The zero-order chi connectivity index (χ0) is 12.7. The molecular weight excluding hydrogens is 218 g/mol. The summed E-state index contributed by atoms with van der Waals surface area (Å²) in [5.74, 6) is 0.344. The molecule has 1 saturated carbocycles. The van der Waals surface area contributed by atoms with Crippen molar-refractivity contribution in [3.8, 4) is 0 Å². The summed E-state index contributed by atoms with van der Waals surface area (Å²) in [5, 5.41) is 13.1. The van der Waals surface area contributed by atoms with Crippen LogP contribution in [0.4, 0.5) is 0 Å². The molecule has 100 valence electrons. The van der Waals surface area contributed by atoms with Gasteiger partial charge in [0.1, 0.15) is 0 Å². The van der Waals surface area contributed by atoms with E-state index >= 15 is 0 Å². The van der Waals surface area contributed by atoms with Gasteiger partial charge >= 0.3 is 5.97 Å². The second-order valence-electron chi connectivity index (χ2n) is 4.94. The van der Waals surface area contributed by atoms with E-state index in [0.29, 0.717) is 25.1 Å². The summed E-state index contributed by atoms with van der Waals surface area (Å²) in [7, 11) is 0. The van der Waals surface area contributed by atoms with Crippen LogP contribution in [-0.4, -0.2) is 36.4 Å². The molecule has 0 aromatic rings. The first-order chi connectivity index (χ1) is 8.13. The maximum atomic E-state index is 11.2. The van der Waals surface area contributed by atoms with Crippen molar-refractivity contribution < 1.29 is 14.6 Å². The molecule has 0 heterocycles. The van der Waals surface area contributed by atoms with Crippen LogP contribution in [0.3, 0.4) is 0 Å². The summed E-state index contributed by atoms with van der Waals surface area (Å²) in [6.45, 7) is 4.87. The fourth-order valence-corrected chi connectivity index (χ4v) is 2.39. The third-order valence-electron chi connectivity index (χ3n) is 3.43. The van der Waals surface area contributed by atoms with Crippen LogP contribution in [0.5, 0.6) is 0 Å². The maximum absolute atomic E-state index is 11.2. The highest BCUT2D eigenvalue weighted by molar-refractivity contribution is 5.69. The van der Waals surface area contributed by atoms with Gasteiger partial charge < -0.3 is 15.2 Å². The molecule has 1 aliphatic rings. The lowest BCUT2D eigenvalue weighted by atomic mass is 9.86. The van der Waals surface area contributed by atoms with Crippen LogP contribution in [0, 0.1) is 5.92 Å². The minimum atomic E-state index is -0.636. The number of esters is 1. The van der Waals surface area contributed by atoms with E-state index in [1.54, 1.807) is 6.92 Å². The Balaban J connectivity index is 2.18. The first-order valence-corrected chi connectivity index (χ1v) is 6.70. The molecule has 4 nitrogen and oxygen atoms in total. The number of hydrogen-bond acceptors (Lipinski definition) is 4. The molecular formula is C13H25NO3. The van der Waals surface area contributed by atoms with Crippen LogP contribution >= 0.6 is 0 Å². The van der Waals surface area contributed by atoms with E-state index in [1.807, 2.05) is 0 Å². The SMILES string of the molecule is CCOC(=O)CC(O)CNC1CCCCC1C. The van der Waals surface area contributed by atoms with Gasteiger partial charge in [-0.1, -0.05) is 19.8 Å². The molecule has 1 aliphatic carbocycles. The van der Waals surface area contributed by atoms with Gasteiger partial charge in [-0.05, 0) is 25.7 Å². The van der Waals surface area contributed by atoms with E-state index in [4.69, 9.17) is 4.74 Å². The number of ether oxygens (including phenoxy) is 1. The van der Waals surface area contributed by atoms with Crippen molar-refractivity contribution in [3.63, 3.8) is 0 Å². The van der Waals surface area contributed by atoms with E-state index in [-0.39, 0.29) is 12.4 Å². The summed E-state index contributed by atoms with van der Waals surface area (Å²) in [6.07, 6.45) is 4.45. The summed E-state index contributed by atoms with van der Waals surface area (Å²) in [6, 6.07) is 0.487. The normalized spacial score (nSPS) is 26.5. The molecule has 1 fully saturated rings. The highest BCUT2D eigenvalue weighted by Crippen LogP contribution is 2.23. The molecule has 3 unspecified atom stereocenters. The molecule has 0 aromatic carbocycles. The topological polar surface area (TPSA) is 58.6 Å². The van der Waals surface area contributed by atoms with Crippen molar-refractivity contribution in [1.29, 1.82) is 0 Å². The Morgan fingerprint density at radius 2 is 2.18 bits per heavy atom. The van der Waals surface area contributed by atoms with Crippen molar-refractivity contribution in [2.45, 2.75) is 58.1 Å². The molecule has 1 rings (SSSR count). The zero-order valence-electron chi connectivity index (χ0n) is 10.9. The quantitative estimate of drug-likeness (QED) is 0.694. The van der Waals surface area contributed by atoms with Crippen LogP contribution in [-0.2, 0) is 9.53 Å². The fraction of sp³-hybridized carbons (Fsp3) is 0.923. The third-order valence-corrected chi connectivity index (χ3v) is 3.43. The Kier molecular flexibility index (Phi) is 6.52. The van der Waals surface area contributed by atoms with Crippen LogP contribution in [0.15, 0.2) is 0 Å². The van der Waals surface area contributed by atoms with E-state index in [0.717, 1.165) is 0 Å². The molecule has 3 atom stereocenters. The molecule has 0 spiro atoms. The van der Waals surface area contributed by atoms with Gasteiger partial charge in [-0.2, -0.15) is 0 Å². The predicted octanol–water partition coefficient (Wildman–Crippen LogP) is 1.47. The van der Waals surface area contributed by atoms with Crippen molar-refractivity contribution in [1.82, 2.24) is 5.32 Å². The van der Waals surface area contributed by atoms with Gasteiger partial charge in [0.25, 0.3) is 0 Å². The first-order valence-electron chi connectivity index (χ1n) is 6.70. The van der Waals surface area contributed by atoms with Gasteiger partial charge in [0, 0.05) is 12.6 Å². The van der Waals surface area contributed by atoms with E-state index in [2.05, 4.69) is 12.2 Å². The van der Waals surface area contributed by atoms with Crippen LogP contribution < -0.4 is 5.32 Å². The number of carbonyl (C=O) groups is 1. The minimum absolute atomic E-state index is 0.0853. The lowest BCUT2D eigenvalue weighted by Gasteiger charge is -2.30. The van der Waals surface area contributed by atoms with E-state index in [9.17, 15) is 9.90 Å². The average molecular weight is 243 g/mol. The smallest absolute Gasteiger partial charge is 0.308 e. The van der Waals surface area contributed by atoms with Crippen molar-refractivity contribution in [2.75, 3.05) is 13.2 Å². The Morgan fingerprint density at radius 1 is 1.47 bits per heavy atom. The second-order valence-corrected chi connectivity index (χ2v) is 4.94. The number of carbonyl (C=O) groups excluding carboxylic acids is 1. The molecule has 0 bridgehead atoms. The van der Waals surface area contributed by atoms with Crippen molar-refractivity contribution >= 4 is 5.97 Å². The van der Waals surface area contributed by atoms with Crippen LogP contribution in [0.25, 0.3) is 0 Å². The lowest BCUT2D eigenvalue weighted by Crippen LogP contribution is -2.41.